The van der Waals surface area contributed by atoms with E-state index in [9.17, 15) is 0 Å². The molecule has 0 saturated heterocycles. The molecule has 0 atom stereocenters. The first-order valence-electron chi connectivity index (χ1n) is 5.05. The van der Waals surface area contributed by atoms with Crippen molar-refractivity contribution in [2.24, 2.45) is 22.9 Å². The first-order valence-corrected chi connectivity index (χ1v) is 5.05. The molecule has 0 aromatic rings. The molecule has 0 bridgehead atoms. The minimum atomic E-state index is 0. The van der Waals surface area contributed by atoms with Gasteiger partial charge in [-0.05, 0) is 0 Å². The first-order chi connectivity index (χ1) is 6.83. The van der Waals surface area contributed by atoms with Crippen molar-refractivity contribution in [1.29, 1.82) is 0 Å². The van der Waals surface area contributed by atoms with Crippen molar-refractivity contribution < 1.29 is 29.2 Å². The number of halogens is 1. The summed E-state index contributed by atoms with van der Waals surface area (Å²) in [5.74, 6) is 0. The van der Waals surface area contributed by atoms with Crippen LogP contribution in [0.1, 0.15) is 0 Å². The second-order valence-electron chi connectivity index (χ2n) is 2.65. The summed E-state index contributed by atoms with van der Waals surface area (Å²) in [5, 5.41) is 6.07. The zero-order chi connectivity index (χ0) is 11.1. The Labute approximate surface area is 115 Å². The van der Waals surface area contributed by atoms with Gasteiger partial charge in [0.05, 0.1) is 0 Å². The fourth-order valence-electron chi connectivity index (χ4n) is 0.658. The molecule has 0 unspecified atom stereocenters. The van der Waals surface area contributed by atoms with Crippen LogP contribution in [0.4, 0.5) is 0 Å². The Balaban J connectivity index is -0.0000000800. The van der Waals surface area contributed by atoms with Crippen LogP contribution in [0.15, 0.2) is 0 Å². The van der Waals surface area contributed by atoms with Crippen molar-refractivity contribution in [1.82, 2.24) is 10.6 Å². The molecule has 0 saturated carbocycles. The van der Waals surface area contributed by atoms with Gasteiger partial charge in [-0.1, -0.05) is 0 Å². The predicted molar refractivity (Wildman–Crippen MR) is 62.0 cm³/mol. The van der Waals surface area contributed by atoms with E-state index in [4.69, 9.17) is 22.9 Å². The largest absolute Gasteiger partial charge is 3.00 e. The maximum absolute atomic E-state index is 5.17. The summed E-state index contributed by atoms with van der Waals surface area (Å²) in [6, 6.07) is 0. The number of nitrogens with two attached hydrogens (primary N) is 4. The number of hydrogen-bond donors (Lipinski definition) is 6. The molecule has 0 aromatic carbocycles. The maximum atomic E-state index is 5.17. The summed E-state index contributed by atoms with van der Waals surface area (Å²) in [5.41, 5.74) is 20.7. The van der Waals surface area contributed by atoms with Gasteiger partial charge in [0.1, 0.15) is 0 Å². The molecule has 6 nitrogen and oxygen atoms in total. The van der Waals surface area contributed by atoms with Crippen LogP contribution in [0.3, 0.4) is 0 Å². The van der Waals surface area contributed by atoms with Crippen LogP contribution in [-0.4, -0.2) is 52.4 Å². The molecule has 0 aliphatic heterocycles. The van der Waals surface area contributed by atoms with Crippen molar-refractivity contribution in [3.05, 3.63) is 0 Å². The van der Waals surface area contributed by atoms with Gasteiger partial charge in [0.15, 0.2) is 0 Å². The summed E-state index contributed by atoms with van der Waals surface area (Å²) < 4.78 is 0. The molecule has 0 fully saturated rings. The first kappa shape index (κ1) is 25.4. The van der Waals surface area contributed by atoms with Gasteiger partial charge in [-0.2, -0.15) is 0 Å². The molecule has 16 heavy (non-hydrogen) atoms. The maximum Gasteiger partial charge on any atom is 3.00 e. The molecule has 0 aliphatic carbocycles. The van der Waals surface area contributed by atoms with Crippen molar-refractivity contribution in [2.75, 3.05) is 52.4 Å². The van der Waals surface area contributed by atoms with Crippen LogP contribution in [0, 0.1) is 0 Å². The van der Waals surface area contributed by atoms with E-state index in [1.165, 1.54) is 0 Å². The van der Waals surface area contributed by atoms with E-state index in [2.05, 4.69) is 10.6 Å². The molecule has 0 radical (unpaired) electrons. The average Bonchev–Trinajstić information content (AvgIpc) is 2.21. The van der Waals surface area contributed by atoms with Gasteiger partial charge in [0.2, 0.25) is 0 Å². The van der Waals surface area contributed by atoms with Crippen LogP contribution in [-0.2, 0) is 16.8 Å². The average molecular weight is 301 g/mol. The van der Waals surface area contributed by atoms with Crippen molar-refractivity contribution in [3.63, 3.8) is 0 Å². The van der Waals surface area contributed by atoms with Crippen molar-refractivity contribution in [2.45, 2.75) is 0 Å². The minimum absolute atomic E-state index is 0. The third-order valence-electron chi connectivity index (χ3n) is 1.28. The Morgan fingerprint density at radius 1 is 0.562 bits per heavy atom. The Bertz CT molecular complexity index is 72.9. The second-order valence-corrected chi connectivity index (χ2v) is 2.65. The van der Waals surface area contributed by atoms with Crippen molar-refractivity contribution >= 4 is 0 Å². The fraction of sp³-hybridized carbons (Fsp3) is 1.00. The summed E-state index contributed by atoms with van der Waals surface area (Å²) in [6.45, 7) is 6.27. The topological polar surface area (TPSA) is 128 Å². The van der Waals surface area contributed by atoms with Gasteiger partial charge in [-0.25, -0.2) is 0 Å². The quantitative estimate of drug-likeness (QED) is 0.248. The van der Waals surface area contributed by atoms with E-state index in [1.807, 2.05) is 0 Å². The molecule has 102 valence electrons. The Hall–Kier alpha value is 0.556. The van der Waals surface area contributed by atoms with E-state index in [0.29, 0.717) is 26.2 Å². The second kappa shape index (κ2) is 29.6. The molecule has 0 spiro atoms. The van der Waals surface area contributed by atoms with Gasteiger partial charge < -0.3 is 46.0 Å². The van der Waals surface area contributed by atoms with Gasteiger partial charge in [0.25, 0.3) is 0 Å². The van der Waals surface area contributed by atoms with Crippen LogP contribution in [0.2, 0.25) is 0 Å². The van der Waals surface area contributed by atoms with E-state index in [0.717, 1.165) is 26.2 Å². The Morgan fingerprint density at radius 2 is 0.750 bits per heavy atom. The fourth-order valence-corrected chi connectivity index (χ4v) is 0.658. The zero-order valence-electron chi connectivity index (χ0n) is 9.68. The van der Waals surface area contributed by atoms with Crippen LogP contribution in [0.25, 0.3) is 0 Å². The van der Waals surface area contributed by atoms with E-state index < -0.39 is 0 Å². The monoisotopic (exact) mass is 300 g/mol. The van der Waals surface area contributed by atoms with Crippen LogP contribution >= 0.6 is 0 Å². The summed E-state index contributed by atoms with van der Waals surface area (Å²) in [7, 11) is 0. The predicted octanol–water partition coefficient (Wildman–Crippen LogP) is -6.01. The molecule has 0 aromatic heterocycles. The number of nitrogens with one attached hydrogen (secondary N) is 2. The molecule has 0 amide bonds. The Kier molecular flexibility index (Phi) is 47.0. The zero-order valence-corrected chi connectivity index (χ0v) is 11.5. The van der Waals surface area contributed by atoms with Gasteiger partial charge in [0, 0.05) is 52.4 Å². The minimum Gasteiger partial charge on any atom is -1.00 e. The third-order valence-corrected chi connectivity index (χ3v) is 1.28. The number of rotatable bonds is 8. The molecule has 10 N–H and O–H groups in total. The van der Waals surface area contributed by atoms with Crippen LogP contribution < -0.4 is 46.0 Å². The molecule has 0 heterocycles. The smallest absolute Gasteiger partial charge is 1.00 e. The van der Waals surface area contributed by atoms with Crippen molar-refractivity contribution in [3.8, 4) is 0 Å². The van der Waals surface area contributed by atoms with E-state index in [-0.39, 0.29) is 29.2 Å². The molecule has 0 rings (SSSR count). The molecule has 8 heteroatoms. The standard InChI is InChI=1S/2C4H13N3.ClH.Co/c2*5-1-3-7-4-2-6;;/h2*7H,1-6H2;1H;/q;;;+3/p-1. The van der Waals surface area contributed by atoms with Gasteiger partial charge >= 0.3 is 16.8 Å². The number of hydrogen-bond acceptors (Lipinski definition) is 6. The Morgan fingerprint density at radius 3 is 0.875 bits per heavy atom. The summed E-state index contributed by atoms with van der Waals surface area (Å²) in [6.07, 6.45) is 0. The van der Waals surface area contributed by atoms with Gasteiger partial charge in [-0.3, -0.25) is 0 Å². The van der Waals surface area contributed by atoms with Crippen LogP contribution in [0.5, 0.6) is 0 Å². The molecule has 0 aliphatic rings. The summed E-state index contributed by atoms with van der Waals surface area (Å²) in [4.78, 5) is 0. The third kappa shape index (κ3) is 36.5. The van der Waals surface area contributed by atoms with E-state index >= 15 is 0 Å². The molecular weight excluding hydrogens is 275 g/mol. The normalized spacial score (nSPS) is 8.25. The van der Waals surface area contributed by atoms with Gasteiger partial charge in [-0.15, -0.1) is 0 Å². The summed E-state index contributed by atoms with van der Waals surface area (Å²) >= 11 is 0. The molecular formula is C8H26ClCoN6+2. The SMILES string of the molecule is NCCNCCN.NCCNCCN.[Cl-].[Co+3]. The van der Waals surface area contributed by atoms with E-state index in [1.54, 1.807) is 0 Å².